The molecule has 3 nitrogen and oxygen atoms in total. The largest absolute Gasteiger partial charge is 0.488 e. The molecule has 0 N–H and O–H groups in total. The number of hydrogen-bond acceptors (Lipinski definition) is 3. The molecule has 25 heavy (non-hydrogen) atoms. The number of fused-ring (bicyclic) bond motifs is 1. The molecule has 1 heterocycles. The third-order valence-corrected chi connectivity index (χ3v) is 3.97. The lowest BCUT2D eigenvalue weighted by Crippen LogP contribution is -2.06. The topological polar surface area (TPSA) is 39.4 Å². The third kappa shape index (κ3) is 3.52. The van der Waals surface area contributed by atoms with Gasteiger partial charge in [-0.3, -0.25) is 0 Å². The van der Waals surface area contributed by atoms with Gasteiger partial charge in [0.05, 0.1) is 5.56 Å². The predicted octanol–water partition coefficient (Wildman–Crippen LogP) is 5.01. The highest BCUT2D eigenvalue weighted by molar-refractivity contribution is 5.84. The number of hydrogen-bond donors (Lipinski definition) is 0. The van der Waals surface area contributed by atoms with E-state index in [1.807, 2.05) is 6.92 Å². The van der Waals surface area contributed by atoms with E-state index in [1.54, 1.807) is 25.1 Å². The fraction of sp³-hybridized carbons (Fsp3) is 0.211. The van der Waals surface area contributed by atoms with Gasteiger partial charge in [0.2, 0.25) is 0 Å². The van der Waals surface area contributed by atoms with Crippen molar-refractivity contribution in [2.45, 2.75) is 26.6 Å². The summed E-state index contributed by atoms with van der Waals surface area (Å²) in [5.74, 6) is 0.457. The molecule has 6 heteroatoms. The Morgan fingerprint density at radius 3 is 2.56 bits per heavy atom. The highest BCUT2D eigenvalue weighted by Gasteiger charge is 2.30. The van der Waals surface area contributed by atoms with E-state index in [-0.39, 0.29) is 6.61 Å². The second kappa shape index (κ2) is 6.27. The number of alkyl halides is 3. The molecule has 0 spiro atoms. The maximum Gasteiger partial charge on any atom is 0.416 e. The summed E-state index contributed by atoms with van der Waals surface area (Å²) in [4.78, 5) is 11.6. The van der Waals surface area contributed by atoms with Crippen molar-refractivity contribution in [1.82, 2.24) is 0 Å². The Kier molecular flexibility index (Phi) is 4.29. The minimum Gasteiger partial charge on any atom is -0.488 e. The maximum absolute atomic E-state index is 12.8. The monoisotopic (exact) mass is 348 g/mol. The SMILES string of the molecule is Cc1cc(=O)oc2c(C)c(OCc3cccc(C(F)(F)F)c3)ccc12. The molecule has 1 aromatic heterocycles. The van der Waals surface area contributed by atoms with Crippen LogP contribution < -0.4 is 10.4 Å². The Labute approximate surface area is 141 Å². The fourth-order valence-corrected chi connectivity index (χ4v) is 2.66. The summed E-state index contributed by atoms with van der Waals surface area (Å²) < 4.78 is 49.2. The lowest BCUT2D eigenvalue weighted by molar-refractivity contribution is -0.137. The van der Waals surface area contributed by atoms with Crippen molar-refractivity contribution in [2.75, 3.05) is 0 Å². The summed E-state index contributed by atoms with van der Waals surface area (Å²) in [6.07, 6.45) is -4.39. The van der Waals surface area contributed by atoms with Gasteiger partial charge in [-0.05, 0) is 49.2 Å². The number of rotatable bonds is 3. The first-order valence-corrected chi connectivity index (χ1v) is 7.59. The van der Waals surface area contributed by atoms with Crippen LogP contribution in [-0.4, -0.2) is 0 Å². The first-order chi connectivity index (χ1) is 11.8. The standard InChI is InChI=1S/C19H15F3O3/c1-11-8-17(23)25-18-12(2)16(7-6-15(11)18)24-10-13-4-3-5-14(9-13)19(20,21)22/h3-9H,10H2,1-2H3. The normalized spacial score (nSPS) is 11.7. The second-order valence-electron chi connectivity index (χ2n) is 5.80. The van der Waals surface area contributed by atoms with Gasteiger partial charge in [0.25, 0.3) is 0 Å². The minimum atomic E-state index is -4.39. The van der Waals surface area contributed by atoms with Gasteiger partial charge >= 0.3 is 11.8 Å². The van der Waals surface area contributed by atoms with Crippen molar-refractivity contribution >= 4 is 11.0 Å². The molecule has 130 valence electrons. The zero-order valence-electron chi connectivity index (χ0n) is 13.6. The molecule has 0 aliphatic rings. The van der Waals surface area contributed by atoms with Gasteiger partial charge < -0.3 is 9.15 Å². The van der Waals surface area contributed by atoms with Crippen LogP contribution in [-0.2, 0) is 12.8 Å². The smallest absolute Gasteiger partial charge is 0.416 e. The summed E-state index contributed by atoms with van der Waals surface area (Å²) in [6.45, 7) is 3.53. The molecule has 0 atom stereocenters. The molecule has 0 amide bonds. The molecule has 0 saturated heterocycles. The lowest BCUT2D eigenvalue weighted by Gasteiger charge is -2.13. The highest BCUT2D eigenvalue weighted by atomic mass is 19.4. The van der Waals surface area contributed by atoms with Crippen molar-refractivity contribution in [3.05, 3.63) is 75.1 Å². The molecule has 0 unspecified atom stereocenters. The zero-order chi connectivity index (χ0) is 18.2. The molecule has 0 fully saturated rings. The molecule has 0 bridgehead atoms. The second-order valence-corrected chi connectivity index (χ2v) is 5.80. The van der Waals surface area contributed by atoms with E-state index in [1.165, 1.54) is 12.1 Å². The fourth-order valence-electron chi connectivity index (χ4n) is 2.66. The van der Waals surface area contributed by atoms with Crippen LogP contribution in [0.2, 0.25) is 0 Å². The van der Waals surface area contributed by atoms with Gasteiger partial charge in [-0.25, -0.2) is 4.79 Å². The number of ether oxygens (including phenoxy) is 1. The maximum atomic E-state index is 12.8. The van der Waals surface area contributed by atoms with E-state index < -0.39 is 17.4 Å². The van der Waals surface area contributed by atoms with Crippen LogP contribution in [0.3, 0.4) is 0 Å². The summed E-state index contributed by atoms with van der Waals surface area (Å²) in [7, 11) is 0. The Bertz CT molecular complexity index is 987. The first-order valence-electron chi connectivity index (χ1n) is 7.59. The van der Waals surface area contributed by atoms with Crippen molar-refractivity contribution < 1.29 is 22.3 Å². The summed E-state index contributed by atoms with van der Waals surface area (Å²) in [5, 5.41) is 0.795. The van der Waals surface area contributed by atoms with Crippen molar-refractivity contribution in [1.29, 1.82) is 0 Å². The van der Waals surface area contributed by atoms with Crippen LogP contribution in [0.25, 0.3) is 11.0 Å². The van der Waals surface area contributed by atoms with Gasteiger partial charge in [0.15, 0.2) is 0 Å². The van der Waals surface area contributed by atoms with Gasteiger partial charge in [-0.15, -0.1) is 0 Å². The van der Waals surface area contributed by atoms with Crippen LogP contribution >= 0.6 is 0 Å². The quantitative estimate of drug-likeness (QED) is 0.625. The van der Waals surface area contributed by atoms with Gasteiger partial charge in [0.1, 0.15) is 17.9 Å². The molecular formula is C19H15F3O3. The molecular weight excluding hydrogens is 333 g/mol. The Morgan fingerprint density at radius 1 is 1.08 bits per heavy atom. The van der Waals surface area contributed by atoms with E-state index in [9.17, 15) is 18.0 Å². The average molecular weight is 348 g/mol. The number of halogens is 3. The van der Waals surface area contributed by atoms with E-state index in [0.29, 0.717) is 22.5 Å². The predicted molar refractivity (Wildman–Crippen MR) is 87.7 cm³/mol. The van der Waals surface area contributed by atoms with Crippen LogP contribution in [0.1, 0.15) is 22.3 Å². The molecule has 0 aliphatic heterocycles. The number of aryl methyl sites for hydroxylation is 2. The Balaban J connectivity index is 1.89. The van der Waals surface area contributed by atoms with E-state index in [4.69, 9.17) is 9.15 Å². The van der Waals surface area contributed by atoms with Crippen LogP contribution in [0, 0.1) is 13.8 Å². The molecule has 0 radical (unpaired) electrons. The molecule has 3 rings (SSSR count). The van der Waals surface area contributed by atoms with Crippen molar-refractivity contribution in [3.63, 3.8) is 0 Å². The summed E-state index contributed by atoms with van der Waals surface area (Å²) >= 11 is 0. The van der Waals surface area contributed by atoms with Gasteiger partial charge in [-0.2, -0.15) is 13.2 Å². The van der Waals surface area contributed by atoms with E-state index in [0.717, 1.165) is 23.1 Å². The first kappa shape index (κ1) is 17.1. The van der Waals surface area contributed by atoms with Crippen molar-refractivity contribution in [2.24, 2.45) is 0 Å². The highest BCUT2D eigenvalue weighted by Crippen LogP contribution is 2.31. The molecule has 2 aromatic carbocycles. The van der Waals surface area contributed by atoms with Crippen LogP contribution in [0.5, 0.6) is 5.75 Å². The van der Waals surface area contributed by atoms with Crippen molar-refractivity contribution in [3.8, 4) is 5.75 Å². The third-order valence-electron chi connectivity index (χ3n) is 3.97. The molecule has 0 saturated carbocycles. The zero-order valence-corrected chi connectivity index (χ0v) is 13.6. The Morgan fingerprint density at radius 2 is 1.84 bits per heavy atom. The lowest BCUT2D eigenvalue weighted by atomic mass is 10.1. The summed E-state index contributed by atoms with van der Waals surface area (Å²) in [5.41, 5.74) is 1.07. The average Bonchev–Trinajstić information content (AvgIpc) is 2.54. The van der Waals surface area contributed by atoms with E-state index >= 15 is 0 Å². The van der Waals surface area contributed by atoms with Crippen LogP contribution in [0.4, 0.5) is 13.2 Å². The summed E-state index contributed by atoms with van der Waals surface area (Å²) in [6, 6.07) is 9.88. The molecule has 0 aliphatic carbocycles. The number of benzene rings is 2. The van der Waals surface area contributed by atoms with Gasteiger partial charge in [0, 0.05) is 17.0 Å². The Hall–Kier alpha value is -2.76. The molecule has 3 aromatic rings. The van der Waals surface area contributed by atoms with Crippen LogP contribution in [0.15, 0.2) is 51.7 Å². The van der Waals surface area contributed by atoms with Gasteiger partial charge in [-0.1, -0.05) is 12.1 Å². The minimum absolute atomic E-state index is 0.0215. The van der Waals surface area contributed by atoms with E-state index in [2.05, 4.69) is 0 Å².